The van der Waals surface area contributed by atoms with Crippen LogP contribution in [0.4, 0.5) is 0 Å². The Morgan fingerprint density at radius 2 is 2.47 bits per heavy atom. The van der Waals surface area contributed by atoms with Gasteiger partial charge < -0.3 is 9.15 Å². The van der Waals surface area contributed by atoms with E-state index in [4.69, 9.17) is 4.42 Å². The smallest absolute Gasteiger partial charge is 0.306 e. The highest BCUT2D eigenvalue weighted by atomic mass is 32.2. The Morgan fingerprint density at radius 1 is 1.63 bits per heavy atom. The number of esters is 1. The summed E-state index contributed by atoms with van der Waals surface area (Å²) >= 11 is 3.26. The lowest BCUT2D eigenvalue weighted by molar-refractivity contribution is -0.140. The lowest BCUT2D eigenvalue weighted by Gasteiger charge is -2.07. The molecule has 0 saturated heterocycles. The van der Waals surface area contributed by atoms with E-state index in [0.717, 1.165) is 22.2 Å². The summed E-state index contributed by atoms with van der Waals surface area (Å²) in [5.41, 5.74) is 1.01. The predicted octanol–water partition coefficient (Wildman–Crippen LogP) is 3.59. The molecule has 2 heterocycles. The van der Waals surface area contributed by atoms with Crippen molar-refractivity contribution in [3.8, 4) is 10.8 Å². The van der Waals surface area contributed by atoms with Gasteiger partial charge in [0.25, 0.3) is 0 Å². The molecule has 0 saturated carbocycles. The van der Waals surface area contributed by atoms with E-state index < -0.39 is 0 Å². The van der Waals surface area contributed by atoms with Crippen molar-refractivity contribution >= 4 is 29.1 Å². The van der Waals surface area contributed by atoms with Crippen LogP contribution >= 0.6 is 23.1 Å². The number of nitrogens with zero attached hydrogens (tertiary/aromatic N) is 1. The summed E-state index contributed by atoms with van der Waals surface area (Å²) < 4.78 is 9.95. The van der Waals surface area contributed by atoms with E-state index in [1.54, 1.807) is 29.4 Å². The Balaban J connectivity index is 1.85. The summed E-state index contributed by atoms with van der Waals surface area (Å²) in [7, 11) is 1.41. The third-order valence-electron chi connectivity index (χ3n) is 2.48. The van der Waals surface area contributed by atoms with Crippen LogP contribution in [0.5, 0.6) is 0 Å². The van der Waals surface area contributed by atoms with E-state index in [2.05, 4.69) is 9.72 Å². The molecule has 0 radical (unpaired) electrons. The first-order valence-electron chi connectivity index (χ1n) is 5.85. The van der Waals surface area contributed by atoms with Crippen molar-refractivity contribution in [2.45, 2.75) is 24.3 Å². The number of rotatable bonds is 6. The number of thioether (sulfide) groups is 1. The zero-order valence-corrected chi connectivity index (χ0v) is 12.4. The number of ether oxygens (including phenoxy) is 1. The van der Waals surface area contributed by atoms with Crippen LogP contribution in [0.3, 0.4) is 0 Å². The number of furan rings is 1. The molecule has 0 aromatic carbocycles. The number of carbonyl (C=O) groups excluding carboxylic acids is 1. The fourth-order valence-electron chi connectivity index (χ4n) is 1.49. The number of carbonyl (C=O) groups is 1. The fraction of sp³-hybridized carbons (Fsp3) is 0.385. The molecule has 4 nitrogen and oxygen atoms in total. The maximum atomic E-state index is 11.1. The van der Waals surface area contributed by atoms with Crippen LogP contribution in [-0.4, -0.2) is 23.3 Å². The molecular formula is C13H15NO3S2. The van der Waals surface area contributed by atoms with Gasteiger partial charge in [-0.05, 0) is 12.1 Å². The van der Waals surface area contributed by atoms with Crippen LogP contribution in [0, 0.1) is 0 Å². The second kappa shape index (κ2) is 6.77. The van der Waals surface area contributed by atoms with E-state index in [9.17, 15) is 4.79 Å². The van der Waals surface area contributed by atoms with Crippen molar-refractivity contribution in [3.05, 3.63) is 29.5 Å². The van der Waals surface area contributed by atoms with Crippen molar-refractivity contribution in [3.63, 3.8) is 0 Å². The quantitative estimate of drug-likeness (QED) is 0.763. The summed E-state index contributed by atoms with van der Waals surface area (Å²) in [6.07, 6.45) is 2.07. The van der Waals surface area contributed by atoms with Gasteiger partial charge in [-0.2, -0.15) is 11.8 Å². The summed E-state index contributed by atoms with van der Waals surface area (Å²) in [4.78, 5) is 15.6. The number of methoxy groups -OCH3 is 1. The third kappa shape index (κ3) is 4.11. The number of hydrogen-bond acceptors (Lipinski definition) is 6. The molecule has 0 amide bonds. The third-order valence-corrected chi connectivity index (χ3v) is 4.59. The van der Waals surface area contributed by atoms with Gasteiger partial charge in [0.05, 0.1) is 25.5 Å². The number of hydrogen-bond donors (Lipinski definition) is 0. The first-order chi connectivity index (χ1) is 9.19. The molecule has 0 aliphatic rings. The van der Waals surface area contributed by atoms with Gasteiger partial charge in [-0.1, -0.05) is 6.92 Å². The molecule has 0 spiro atoms. The predicted molar refractivity (Wildman–Crippen MR) is 77.2 cm³/mol. The molecule has 0 bridgehead atoms. The van der Waals surface area contributed by atoms with Crippen molar-refractivity contribution in [1.82, 2.24) is 4.98 Å². The van der Waals surface area contributed by atoms with Crippen LogP contribution in [0.15, 0.2) is 28.2 Å². The normalized spacial score (nSPS) is 12.3. The standard InChI is InChI=1S/C13H15NO3S2/c1-9(6-12(15)16-2)18-7-10-8-19-13(14-10)11-4-3-5-17-11/h3-5,8-9H,6-7H2,1-2H3/t9-/m0/s1. The molecule has 0 fully saturated rings. The first kappa shape index (κ1) is 14.1. The van der Waals surface area contributed by atoms with Gasteiger partial charge in [-0.3, -0.25) is 4.79 Å². The van der Waals surface area contributed by atoms with Crippen LogP contribution in [0.1, 0.15) is 19.0 Å². The van der Waals surface area contributed by atoms with Gasteiger partial charge in [0.15, 0.2) is 10.8 Å². The average Bonchev–Trinajstić information content (AvgIpc) is 3.06. The van der Waals surface area contributed by atoms with Crippen LogP contribution in [-0.2, 0) is 15.3 Å². The summed E-state index contributed by atoms with van der Waals surface area (Å²) in [6, 6.07) is 3.75. The Hall–Kier alpha value is -1.27. The molecule has 2 aromatic heterocycles. The van der Waals surface area contributed by atoms with Crippen molar-refractivity contribution < 1.29 is 13.9 Å². The molecule has 0 N–H and O–H groups in total. The summed E-state index contributed by atoms with van der Waals surface area (Å²) in [6.45, 7) is 2.02. The zero-order valence-electron chi connectivity index (χ0n) is 10.8. The highest BCUT2D eigenvalue weighted by Gasteiger charge is 2.12. The molecule has 0 unspecified atom stereocenters. The fourth-order valence-corrected chi connectivity index (χ4v) is 3.24. The minimum atomic E-state index is -0.172. The summed E-state index contributed by atoms with van der Waals surface area (Å²) in [5.74, 6) is 1.41. The second-order valence-corrected chi connectivity index (χ2v) is 6.31. The Kier molecular flexibility index (Phi) is 5.04. The molecular weight excluding hydrogens is 282 g/mol. The largest absolute Gasteiger partial charge is 0.469 e. The van der Waals surface area contributed by atoms with E-state index in [1.165, 1.54) is 7.11 Å². The molecule has 19 heavy (non-hydrogen) atoms. The van der Waals surface area contributed by atoms with Gasteiger partial charge >= 0.3 is 5.97 Å². The summed E-state index contributed by atoms with van der Waals surface area (Å²) in [5, 5.41) is 3.14. The number of aromatic nitrogens is 1. The van der Waals surface area contributed by atoms with E-state index in [-0.39, 0.29) is 11.2 Å². The highest BCUT2D eigenvalue weighted by Crippen LogP contribution is 2.27. The average molecular weight is 297 g/mol. The van der Waals surface area contributed by atoms with Gasteiger partial charge in [0, 0.05) is 16.4 Å². The van der Waals surface area contributed by atoms with E-state index in [0.29, 0.717) is 6.42 Å². The van der Waals surface area contributed by atoms with Crippen molar-refractivity contribution in [2.75, 3.05) is 7.11 Å². The molecule has 102 valence electrons. The maximum Gasteiger partial charge on any atom is 0.306 e. The molecule has 0 aliphatic heterocycles. The van der Waals surface area contributed by atoms with Gasteiger partial charge in [-0.25, -0.2) is 4.98 Å². The Bertz CT molecular complexity index is 522. The SMILES string of the molecule is COC(=O)C[C@H](C)SCc1csc(-c2ccco2)n1. The Labute approximate surface area is 120 Å². The molecule has 2 rings (SSSR count). The molecule has 0 aliphatic carbocycles. The van der Waals surface area contributed by atoms with Crippen molar-refractivity contribution in [1.29, 1.82) is 0 Å². The topological polar surface area (TPSA) is 52.3 Å². The molecule has 6 heteroatoms. The lowest BCUT2D eigenvalue weighted by atomic mass is 10.3. The Morgan fingerprint density at radius 3 is 3.16 bits per heavy atom. The second-order valence-electron chi connectivity index (χ2n) is 4.02. The van der Waals surface area contributed by atoms with Crippen LogP contribution in [0.2, 0.25) is 0 Å². The first-order valence-corrected chi connectivity index (χ1v) is 7.78. The zero-order chi connectivity index (χ0) is 13.7. The minimum absolute atomic E-state index is 0.172. The van der Waals surface area contributed by atoms with Gasteiger partial charge in [0.1, 0.15) is 0 Å². The van der Waals surface area contributed by atoms with E-state index in [1.807, 2.05) is 24.4 Å². The van der Waals surface area contributed by atoms with Crippen LogP contribution in [0.25, 0.3) is 10.8 Å². The molecule has 2 aromatic rings. The lowest BCUT2D eigenvalue weighted by Crippen LogP contribution is -2.08. The van der Waals surface area contributed by atoms with Gasteiger partial charge in [0.2, 0.25) is 0 Å². The molecule has 1 atom stereocenters. The van der Waals surface area contributed by atoms with Crippen molar-refractivity contribution in [2.24, 2.45) is 0 Å². The number of thiazole rings is 1. The van der Waals surface area contributed by atoms with Crippen LogP contribution < -0.4 is 0 Å². The van der Waals surface area contributed by atoms with E-state index >= 15 is 0 Å². The highest BCUT2D eigenvalue weighted by molar-refractivity contribution is 7.99. The minimum Gasteiger partial charge on any atom is -0.469 e. The maximum absolute atomic E-state index is 11.1. The van der Waals surface area contributed by atoms with Gasteiger partial charge in [-0.15, -0.1) is 11.3 Å². The monoisotopic (exact) mass is 297 g/mol.